The number of primary amides is 1. The molecule has 0 atom stereocenters. The topological polar surface area (TPSA) is 65.2 Å². The molecule has 1 rings (SSSR count). The zero-order valence-corrected chi connectivity index (χ0v) is 7.33. The molecule has 0 saturated carbocycles. The molecule has 6 heteroatoms. The standard InChI is InChI=1S/C8H8F2N2O2/c1-4-5(14-8(9)10)2-3-12-6(4)7(11)13/h2-3,8H,1H3,(H2,11,13). The van der Waals surface area contributed by atoms with Crippen molar-refractivity contribution in [2.75, 3.05) is 0 Å². The van der Waals surface area contributed by atoms with Crippen LogP contribution in [0.1, 0.15) is 16.1 Å². The van der Waals surface area contributed by atoms with Crippen molar-refractivity contribution in [2.45, 2.75) is 13.5 Å². The van der Waals surface area contributed by atoms with Crippen LogP contribution < -0.4 is 10.5 Å². The summed E-state index contributed by atoms with van der Waals surface area (Å²) in [6, 6.07) is 1.24. The van der Waals surface area contributed by atoms with Crippen molar-refractivity contribution in [3.63, 3.8) is 0 Å². The molecule has 76 valence electrons. The summed E-state index contributed by atoms with van der Waals surface area (Å²) >= 11 is 0. The number of alkyl halides is 2. The van der Waals surface area contributed by atoms with Gasteiger partial charge in [-0.15, -0.1) is 0 Å². The first-order chi connectivity index (χ1) is 6.52. The molecule has 0 aliphatic carbocycles. The number of hydrogen-bond donors (Lipinski definition) is 1. The largest absolute Gasteiger partial charge is 0.434 e. The number of halogens is 2. The SMILES string of the molecule is Cc1c(OC(F)F)ccnc1C(N)=O. The first kappa shape index (κ1) is 10.4. The van der Waals surface area contributed by atoms with Crippen molar-refractivity contribution < 1.29 is 18.3 Å². The second-order valence-electron chi connectivity index (χ2n) is 2.53. The number of nitrogens with two attached hydrogens (primary N) is 1. The zero-order valence-electron chi connectivity index (χ0n) is 7.33. The first-order valence-corrected chi connectivity index (χ1v) is 3.72. The Labute approximate surface area is 78.7 Å². The van der Waals surface area contributed by atoms with Crippen LogP contribution in [0.4, 0.5) is 8.78 Å². The number of carbonyl (C=O) groups excluding carboxylic acids is 1. The van der Waals surface area contributed by atoms with Crippen LogP contribution in [0.2, 0.25) is 0 Å². The Kier molecular flexibility index (Phi) is 2.95. The summed E-state index contributed by atoms with van der Waals surface area (Å²) < 4.78 is 27.9. The Morgan fingerprint density at radius 2 is 2.29 bits per heavy atom. The second-order valence-corrected chi connectivity index (χ2v) is 2.53. The van der Waals surface area contributed by atoms with E-state index < -0.39 is 12.5 Å². The van der Waals surface area contributed by atoms with E-state index in [0.29, 0.717) is 0 Å². The first-order valence-electron chi connectivity index (χ1n) is 3.72. The smallest absolute Gasteiger partial charge is 0.387 e. The van der Waals surface area contributed by atoms with E-state index >= 15 is 0 Å². The lowest BCUT2D eigenvalue weighted by molar-refractivity contribution is -0.0503. The monoisotopic (exact) mass is 202 g/mol. The third-order valence-electron chi connectivity index (χ3n) is 1.60. The molecule has 1 heterocycles. The van der Waals surface area contributed by atoms with Gasteiger partial charge < -0.3 is 10.5 Å². The van der Waals surface area contributed by atoms with Crippen LogP contribution >= 0.6 is 0 Å². The predicted molar refractivity (Wildman–Crippen MR) is 44.1 cm³/mol. The van der Waals surface area contributed by atoms with Gasteiger partial charge in [0.25, 0.3) is 5.91 Å². The van der Waals surface area contributed by atoms with Gasteiger partial charge in [-0.2, -0.15) is 8.78 Å². The number of pyridine rings is 1. The highest BCUT2D eigenvalue weighted by atomic mass is 19.3. The normalized spacial score (nSPS) is 10.3. The van der Waals surface area contributed by atoms with Gasteiger partial charge in [-0.25, -0.2) is 0 Å². The van der Waals surface area contributed by atoms with Gasteiger partial charge in [-0.3, -0.25) is 9.78 Å². The molecule has 0 spiro atoms. The highest BCUT2D eigenvalue weighted by Crippen LogP contribution is 2.20. The molecule has 1 aromatic rings. The fraction of sp³-hybridized carbons (Fsp3) is 0.250. The third kappa shape index (κ3) is 2.15. The van der Waals surface area contributed by atoms with Crippen LogP contribution in [-0.4, -0.2) is 17.5 Å². The Morgan fingerprint density at radius 3 is 2.79 bits per heavy atom. The Bertz CT molecular complexity index is 355. The second kappa shape index (κ2) is 3.99. The molecule has 0 aromatic carbocycles. The van der Waals surface area contributed by atoms with Crippen LogP contribution in [-0.2, 0) is 0 Å². The molecule has 0 fully saturated rings. The highest BCUT2D eigenvalue weighted by molar-refractivity contribution is 5.92. The lowest BCUT2D eigenvalue weighted by Crippen LogP contribution is -2.16. The third-order valence-corrected chi connectivity index (χ3v) is 1.60. The lowest BCUT2D eigenvalue weighted by atomic mass is 10.2. The molecule has 0 bridgehead atoms. The number of carbonyl (C=O) groups is 1. The van der Waals surface area contributed by atoms with Crippen molar-refractivity contribution in [1.29, 1.82) is 0 Å². The van der Waals surface area contributed by atoms with Gasteiger partial charge in [0.15, 0.2) is 0 Å². The fourth-order valence-electron chi connectivity index (χ4n) is 0.990. The summed E-state index contributed by atoms with van der Waals surface area (Å²) in [5.41, 5.74) is 5.11. The molecule has 4 nitrogen and oxygen atoms in total. The van der Waals surface area contributed by atoms with Gasteiger partial charge in [-0.05, 0) is 13.0 Å². The molecular weight excluding hydrogens is 194 g/mol. The molecule has 1 amide bonds. The number of ether oxygens (including phenoxy) is 1. The van der Waals surface area contributed by atoms with Crippen LogP contribution in [0.5, 0.6) is 5.75 Å². The summed E-state index contributed by atoms with van der Waals surface area (Å²) in [6.45, 7) is -1.50. The molecular formula is C8H8F2N2O2. The molecule has 14 heavy (non-hydrogen) atoms. The van der Waals surface area contributed by atoms with Crippen molar-refractivity contribution >= 4 is 5.91 Å². The average molecular weight is 202 g/mol. The fourth-order valence-corrected chi connectivity index (χ4v) is 0.990. The van der Waals surface area contributed by atoms with Crippen LogP contribution in [0, 0.1) is 6.92 Å². The number of rotatable bonds is 3. The highest BCUT2D eigenvalue weighted by Gasteiger charge is 2.13. The molecule has 0 aliphatic rings. The van der Waals surface area contributed by atoms with E-state index in [1.165, 1.54) is 19.2 Å². The Hall–Kier alpha value is -1.72. The van der Waals surface area contributed by atoms with E-state index in [2.05, 4.69) is 9.72 Å². The van der Waals surface area contributed by atoms with Gasteiger partial charge >= 0.3 is 6.61 Å². The van der Waals surface area contributed by atoms with Gasteiger partial charge in [0, 0.05) is 11.8 Å². The Balaban J connectivity index is 3.07. The van der Waals surface area contributed by atoms with Crippen LogP contribution in [0.15, 0.2) is 12.3 Å². The minimum atomic E-state index is -2.93. The number of aromatic nitrogens is 1. The maximum atomic E-state index is 11.9. The van der Waals surface area contributed by atoms with Crippen molar-refractivity contribution in [3.8, 4) is 5.75 Å². The molecule has 2 N–H and O–H groups in total. The summed E-state index contributed by atoms with van der Waals surface area (Å²) in [7, 11) is 0. The van der Waals surface area contributed by atoms with Crippen molar-refractivity contribution in [3.05, 3.63) is 23.5 Å². The molecule has 0 saturated heterocycles. The summed E-state index contributed by atoms with van der Waals surface area (Å²) in [5, 5.41) is 0. The molecule has 1 aromatic heterocycles. The molecule has 0 unspecified atom stereocenters. The van der Waals surface area contributed by atoms with Gasteiger partial charge in [0.1, 0.15) is 11.4 Å². The van der Waals surface area contributed by atoms with E-state index in [9.17, 15) is 13.6 Å². The summed E-state index contributed by atoms with van der Waals surface area (Å²) in [5.74, 6) is -0.869. The minimum Gasteiger partial charge on any atom is -0.434 e. The quantitative estimate of drug-likeness (QED) is 0.797. The minimum absolute atomic E-state index is 0.0665. The summed E-state index contributed by atoms with van der Waals surface area (Å²) in [4.78, 5) is 14.4. The maximum Gasteiger partial charge on any atom is 0.387 e. The van der Waals surface area contributed by atoms with Gasteiger partial charge in [0.05, 0.1) is 0 Å². The van der Waals surface area contributed by atoms with E-state index in [1.54, 1.807) is 0 Å². The van der Waals surface area contributed by atoms with Crippen molar-refractivity contribution in [1.82, 2.24) is 4.98 Å². The Morgan fingerprint density at radius 1 is 1.64 bits per heavy atom. The lowest BCUT2D eigenvalue weighted by Gasteiger charge is -2.08. The molecule has 0 aliphatic heterocycles. The van der Waals surface area contributed by atoms with Crippen LogP contribution in [0.3, 0.4) is 0 Å². The van der Waals surface area contributed by atoms with Crippen LogP contribution in [0.25, 0.3) is 0 Å². The number of hydrogen-bond acceptors (Lipinski definition) is 3. The van der Waals surface area contributed by atoms with E-state index in [-0.39, 0.29) is 17.0 Å². The average Bonchev–Trinajstić information content (AvgIpc) is 2.07. The number of nitrogens with zero attached hydrogens (tertiary/aromatic N) is 1. The van der Waals surface area contributed by atoms with E-state index in [1.807, 2.05) is 0 Å². The predicted octanol–water partition coefficient (Wildman–Crippen LogP) is 1.09. The van der Waals surface area contributed by atoms with Gasteiger partial charge in [0.2, 0.25) is 0 Å². The summed E-state index contributed by atoms with van der Waals surface area (Å²) in [6.07, 6.45) is 1.19. The molecule has 0 radical (unpaired) electrons. The van der Waals surface area contributed by atoms with Gasteiger partial charge in [-0.1, -0.05) is 0 Å². The van der Waals surface area contributed by atoms with Crippen molar-refractivity contribution in [2.24, 2.45) is 5.73 Å². The maximum absolute atomic E-state index is 11.9. The van der Waals surface area contributed by atoms with E-state index in [4.69, 9.17) is 5.73 Å². The van der Waals surface area contributed by atoms with E-state index in [0.717, 1.165) is 0 Å². The zero-order chi connectivity index (χ0) is 10.7. The number of amides is 1.